The second kappa shape index (κ2) is 6.22. The number of hydrogen-bond donors (Lipinski definition) is 0. The van der Waals surface area contributed by atoms with Crippen LogP contribution in [-0.2, 0) is 4.79 Å². The summed E-state index contributed by atoms with van der Waals surface area (Å²) in [4.78, 5) is 16.3. The van der Waals surface area contributed by atoms with Gasteiger partial charge in [0, 0.05) is 38.3 Å². The fourth-order valence-electron chi connectivity index (χ4n) is 3.62. The van der Waals surface area contributed by atoms with Crippen LogP contribution in [0, 0.1) is 6.92 Å². The molecule has 1 unspecified atom stereocenters. The van der Waals surface area contributed by atoms with Gasteiger partial charge in [0.2, 0.25) is 5.91 Å². The number of rotatable bonds is 3. The minimum atomic E-state index is 0.303. The molecule has 0 N–H and O–H groups in total. The van der Waals surface area contributed by atoms with Gasteiger partial charge in [0.1, 0.15) is 0 Å². The maximum atomic E-state index is 12.0. The Bertz CT molecular complexity index is 725. The van der Waals surface area contributed by atoms with Gasteiger partial charge in [-0.2, -0.15) is 5.10 Å². The fraction of sp³-hybridized carbons (Fsp3) is 0.529. The number of amides is 1. The zero-order valence-electron chi connectivity index (χ0n) is 13.9. The van der Waals surface area contributed by atoms with E-state index in [-0.39, 0.29) is 0 Å². The topological polar surface area (TPSA) is 67.2 Å². The lowest BCUT2D eigenvalue weighted by atomic mass is 10.0. The molecule has 2 fully saturated rings. The molecule has 4 rings (SSSR count). The van der Waals surface area contributed by atoms with Crippen LogP contribution >= 0.6 is 0 Å². The molecule has 2 aliphatic heterocycles. The maximum absolute atomic E-state index is 12.0. The Kier molecular flexibility index (Phi) is 3.92. The SMILES string of the molecule is Cc1ccn(-c2ccc(N3CCCC(N4CCCC4=O)C3)nn2)n1. The molecule has 0 aromatic carbocycles. The Morgan fingerprint density at radius 2 is 1.92 bits per heavy atom. The lowest BCUT2D eigenvalue weighted by Crippen LogP contribution is -2.48. The van der Waals surface area contributed by atoms with E-state index in [0.29, 0.717) is 18.4 Å². The Hall–Kier alpha value is -2.44. The Labute approximate surface area is 141 Å². The highest BCUT2D eigenvalue weighted by Crippen LogP contribution is 2.24. The quantitative estimate of drug-likeness (QED) is 0.856. The van der Waals surface area contributed by atoms with E-state index in [9.17, 15) is 4.79 Å². The standard InChI is InChI=1S/C17H22N6O/c1-13-8-11-23(20-13)16-7-6-15(18-19-16)21-9-2-4-14(12-21)22-10-3-5-17(22)24/h6-8,11,14H,2-5,9-10,12H2,1H3. The zero-order chi connectivity index (χ0) is 16.5. The van der Waals surface area contributed by atoms with E-state index in [1.54, 1.807) is 4.68 Å². The molecule has 1 atom stereocenters. The van der Waals surface area contributed by atoms with Gasteiger partial charge in [-0.25, -0.2) is 4.68 Å². The molecule has 7 heteroatoms. The van der Waals surface area contributed by atoms with Gasteiger partial charge in [-0.05, 0) is 44.4 Å². The lowest BCUT2D eigenvalue weighted by molar-refractivity contribution is -0.129. The van der Waals surface area contributed by atoms with Gasteiger partial charge >= 0.3 is 0 Å². The smallest absolute Gasteiger partial charge is 0.222 e. The first-order valence-corrected chi connectivity index (χ1v) is 8.61. The van der Waals surface area contributed by atoms with E-state index in [4.69, 9.17) is 0 Å². The molecule has 0 aliphatic carbocycles. The van der Waals surface area contributed by atoms with Gasteiger partial charge in [0.15, 0.2) is 11.6 Å². The van der Waals surface area contributed by atoms with E-state index in [0.717, 1.165) is 56.2 Å². The maximum Gasteiger partial charge on any atom is 0.222 e. The largest absolute Gasteiger partial charge is 0.353 e. The molecule has 2 aromatic rings. The van der Waals surface area contributed by atoms with Crippen LogP contribution in [0.2, 0.25) is 0 Å². The van der Waals surface area contributed by atoms with Crippen molar-refractivity contribution in [3.63, 3.8) is 0 Å². The number of piperidine rings is 1. The van der Waals surface area contributed by atoms with Gasteiger partial charge in [0.25, 0.3) is 0 Å². The van der Waals surface area contributed by atoms with Gasteiger partial charge in [-0.1, -0.05) is 0 Å². The first kappa shape index (κ1) is 15.1. The first-order valence-electron chi connectivity index (χ1n) is 8.61. The highest BCUT2D eigenvalue weighted by molar-refractivity contribution is 5.78. The van der Waals surface area contributed by atoms with Gasteiger partial charge < -0.3 is 9.80 Å². The lowest BCUT2D eigenvalue weighted by Gasteiger charge is -2.38. The number of aryl methyl sites for hydroxylation is 1. The number of likely N-dealkylation sites (tertiary alicyclic amines) is 1. The summed E-state index contributed by atoms with van der Waals surface area (Å²) in [5.74, 6) is 1.89. The van der Waals surface area contributed by atoms with Gasteiger partial charge in [-0.15, -0.1) is 10.2 Å². The first-order chi connectivity index (χ1) is 11.7. The molecular formula is C17H22N6O. The van der Waals surface area contributed by atoms with Crippen LogP contribution in [0.15, 0.2) is 24.4 Å². The summed E-state index contributed by atoms with van der Waals surface area (Å²) in [6.07, 6.45) is 5.74. The van der Waals surface area contributed by atoms with E-state index >= 15 is 0 Å². The number of carbonyl (C=O) groups is 1. The fourth-order valence-corrected chi connectivity index (χ4v) is 3.62. The molecule has 2 saturated heterocycles. The highest BCUT2D eigenvalue weighted by Gasteiger charge is 2.31. The van der Waals surface area contributed by atoms with Gasteiger partial charge in [0.05, 0.1) is 5.69 Å². The van der Waals surface area contributed by atoms with Crippen LogP contribution < -0.4 is 4.90 Å². The van der Waals surface area contributed by atoms with Crippen molar-refractivity contribution in [1.29, 1.82) is 0 Å². The molecule has 7 nitrogen and oxygen atoms in total. The van der Waals surface area contributed by atoms with E-state index in [1.807, 2.05) is 31.3 Å². The van der Waals surface area contributed by atoms with E-state index in [2.05, 4.69) is 25.1 Å². The third kappa shape index (κ3) is 2.86. The Morgan fingerprint density at radius 1 is 1.08 bits per heavy atom. The number of hydrogen-bond acceptors (Lipinski definition) is 5. The summed E-state index contributed by atoms with van der Waals surface area (Å²) in [7, 11) is 0. The van der Waals surface area contributed by atoms with E-state index < -0.39 is 0 Å². The van der Waals surface area contributed by atoms with Crippen molar-refractivity contribution in [2.45, 2.75) is 38.6 Å². The third-order valence-electron chi connectivity index (χ3n) is 4.86. The van der Waals surface area contributed by atoms with Crippen molar-refractivity contribution in [2.24, 2.45) is 0 Å². The second-order valence-corrected chi connectivity index (χ2v) is 6.58. The van der Waals surface area contributed by atoms with Crippen LogP contribution in [-0.4, -0.2) is 56.5 Å². The van der Waals surface area contributed by atoms with Crippen molar-refractivity contribution in [3.8, 4) is 5.82 Å². The van der Waals surface area contributed by atoms with Crippen LogP contribution in [0.1, 0.15) is 31.4 Å². The molecule has 2 aromatic heterocycles. The molecule has 0 saturated carbocycles. The second-order valence-electron chi connectivity index (χ2n) is 6.58. The van der Waals surface area contributed by atoms with Crippen LogP contribution in [0.3, 0.4) is 0 Å². The summed E-state index contributed by atoms with van der Waals surface area (Å²) < 4.78 is 1.73. The highest BCUT2D eigenvalue weighted by atomic mass is 16.2. The minimum absolute atomic E-state index is 0.303. The molecular weight excluding hydrogens is 304 g/mol. The third-order valence-corrected chi connectivity index (χ3v) is 4.86. The molecule has 0 radical (unpaired) electrons. The molecule has 24 heavy (non-hydrogen) atoms. The van der Waals surface area contributed by atoms with Crippen molar-refractivity contribution >= 4 is 11.7 Å². The number of carbonyl (C=O) groups excluding carboxylic acids is 1. The molecule has 2 aliphatic rings. The Balaban J connectivity index is 1.48. The average molecular weight is 326 g/mol. The molecule has 1 amide bonds. The van der Waals surface area contributed by atoms with Crippen LogP contribution in [0.25, 0.3) is 5.82 Å². The number of anilines is 1. The number of aromatic nitrogens is 4. The predicted molar refractivity (Wildman–Crippen MR) is 90.1 cm³/mol. The van der Waals surface area contributed by atoms with Crippen molar-refractivity contribution in [2.75, 3.05) is 24.5 Å². The number of nitrogens with zero attached hydrogens (tertiary/aromatic N) is 6. The van der Waals surface area contributed by atoms with Crippen molar-refractivity contribution in [1.82, 2.24) is 24.9 Å². The summed E-state index contributed by atoms with van der Waals surface area (Å²) in [6.45, 7) is 4.67. The zero-order valence-corrected chi connectivity index (χ0v) is 13.9. The predicted octanol–water partition coefficient (Wildman–Crippen LogP) is 1.56. The summed E-state index contributed by atoms with van der Waals surface area (Å²) in [5.41, 5.74) is 0.954. The normalized spacial score (nSPS) is 21.5. The average Bonchev–Trinajstić information content (AvgIpc) is 3.24. The minimum Gasteiger partial charge on any atom is -0.353 e. The van der Waals surface area contributed by atoms with Crippen LogP contribution in [0.5, 0.6) is 0 Å². The summed E-state index contributed by atoms with van der Waals surface area (Å²) in [6, 6.07) is 6.19. The van der Waals surface area contributed by atoms with Crippen molar-refractivity contribution < 1.29 is 4.79 Å². The summed E-state index contributed by atoms with van der Waals surface area (Å²) >= 11 is 0. The molecule has 126 valence electrons. The van der Waals surface area contributed by atoms with Gasteiger partial charge in [-0.3, -0.25) is 4.79 Å². The summed E-state index contributed by atoms with van der Waals surface area (Å²) in [5, 5.41) is 13.0. The van der Waals surface area contributed by atoms with Crippen molar-refractivity contribution in [3.05, 3.63) is 30.1 Å². The van der Waals surface area contributed by atoms with E-state index in [1.165, 1.54) is 0 Å². The van der Waals surface area contributed by atoms with Crippen LogP contribution in [0.4, 0.5) is 5.82 Å². The molecule has 0 bridgehead atoms. The Morgan fingerprint density at radius 3 is 2.58 bits per heavy atom. The molecule has 0 spiro atoms. The monoisotopic (exact) mass is 326 g/mol. The molecule has 4 heterocycles.